The summed E-state index contributed by atoms with van der Waals surface area (Å²) in [6, 6.07) is 49.0. The summed E-state index contributed by atoms with van der Waals surface area (Å²) >= 11 is 0. The summed E-state index contributed by atoms with van der Waals surface area (Å²) in [5.74, 6) is 0. The van der Waals surface area contributed by atoms with Gasteiger partial charge in [-0.2, -0.15) is 0 Å². The molecule has 194 valence electrons. The number of fused-ring (bicyclic) bond motifs is 9. The molecule has 0 radical (unpaired) electrons. The van der Waals surface area contributed by atoms with Crippen molar-refractivity contribution in [1.82, 2.24) is 9.13 Å². The van der Waals surface area contributed by atoms with Crippen molar-refractivity contribution in [3.8, 4) is 22.5 Å². The Bertz CT molecular complexity index is 2330. The number of aromatic nitrogens is 2. The van der Waals surface area contributed by atoms with E-state index in [4.69, 9.17) is 0 Å². The maximum absolute atomic E-state index is 2.51. The number of nitrogens with zero attached hydrogens (tertiary/aromatic N) is 2. The summed E-state index contributed by atoms with van der Waals surface area (Å²) in [4.78, 5) is 0. The molecule has 0 fully saturated rings. The fourth-order valence-corrected chi connectivity index (χ4v) is 7.47. The summed E-state index contributed by atoms with van der Waals surface area (Å²) in [7, 11) is 0. The molecule has 0 bridgehead atoms. The Morgan fingerprint density at radius 1 is 0.439 bits per heavy atom. The molecule has 0 aliphatic heterocycles. The molecule has 0 saturated heterocycles. The summed E-state index contributed by atoms with van der Waals surface area (Å²) < 4.78 is 4.92. The van der Waals surface area contributed by atoms with Crippen LogP contribution in [0, 0.1) is 0 Å². The lowest BCUT2D eigenvalue weighted by molar-refractivity contribution is 0.660. The molecule has 0 amide bonds. The van der Waals surface area contributed by atoms with Crippen LogP contribution in [0.25, 0.3) is 66.1 Å². The molecule has 2 aromatic heterocycles. The van der Waals surface area contributed by atoms with Gasteiger partial charge >= 0.3 is 0 Å². The first-order valence-electron chi connectivity index (χ1n) is 14.4. The Labute approximate surface area is 238 Å². The van der Waals surface area contributed by atoms with Gasteiger partial charge in [-0.25, -0.2) is 0 Å². The molecule has 0 spiro atoms. The maximum atomic E-state index is 2.51. The van der Waals surface area contributed by atoms with E-state index >= 15 is 0 Å². The van der Waals surface area contributed by atoms with E-state index in [0.717, 1.165) is 0 Å². The van der Waals surface area contributed by atoms with Gasteiger partial charge in [0.2, 0.25) is 0 Å². The Morgan fingerprint density at radius 2 is 1.00 bits per heavy atom. The summed E-state index contributed by atoms with van der Waals surface area (Å²) in [5.41, 5.74) is 12.8. The van der Waals surface area contributed by atoms with Crippen molar-refractivity contribution in [2.24, 2.45) is 0 Å². The summed E-state index contributed by atoms with van der Waals surface area (Å²) in [6.45, 7) is 4.71. The van der Waals surface area contributed by atoms with Crippen LogP contribution in [0.3, 0.4) is 0 Å². The molecule has 2 heterocycles. The Morgan fingerprint density at radius 3 is 1.73 bits per heavy atom. The monoisotopic (exact) mass is 524 g/mol. The Balaban J connectivity index is 1.45. The van der Waals surface area contributed by atoms with Crippen molar-refractivity contribution in [2.75, 3.05) is 0 Å². The van der Waals surface area contributed by atoms with E-state index in [1.807, 2.05) is 0 Å². The quantitative estimate of drug-likeness (QED) is 0.213. The van der Waals surface area contributed by atoms with Gasteiger partial charge in [-0.3, -0.25) is 0 Å². The third-order valence-corrected chi connectivity index (χ3v) is 9.31. The van der Waals surface area contributed by atoms with E-state index in [2.05, 4.69) is 156 Å². The van der Waals surface area contributed by atoms with E-state index in [0.29, 0.717) is 0 Å². The molecule has 0 atom stereocenters. The lowest BCUT2D eigenvalue weighted by Gasteiger charge is -2.21. The fraction of sp³-hybridized carbons (Fsp3) is 0.0769. The van der Waals surface area contributed by atoms with Crippen LogP contribution < -0.4 is 0 Å². The van der Waals surface area contributed by atoms with Crippen LogP contribution in [0.5, 0.6) is 0 Å². The van der Waals surface area contributed by atoms with Gasteiger partial charge in [0, 0.05) is 38.2 Å². The standard InChI is InChI=1S/C39H28N2/c1-39(2)31-18-9-6-17-28(31)38-32(39)19-12-22-35(38)41-34-21-11-8-16-27(34)30-23-36-29(24-37(30)41)26-15-7-10-20-33(26)40(36)25-13-4-3-5-14-25/h3-24H,1-2H3. The van der Waals surface area contributed by atoms with Crippen molar-refractivity contribution >= 4 is 43.6 Å². The first-order valence-corrected chi connectivity index (χ1v) is 14.4. The first kappa shape index (κ1) is 22.7. The average molecular weight is 525 g/mol. The second-order valence-corrected chi connectivity index (χ2v) is 11.8. The number of rotatable bonds is 2. The molecule has 2 nitrogen and oxygen atoms in total. The molecular weight excluding hydrogens is 496 g/mol. The molecule has 1 aliphatic carbocycles. The second kappa shape index (κ2) is 7.99. The predicted molar refractivity (Wildman–Crippen MR) is 173 cm³/mol. The highest BCUT2D eigenvalue weighted by Gasteiger charge is 2.37. The van der Waals surface area contributed by atoms with E-state index in [1.54, 1.807) is 0 Å². The molecule has 2 heteroatoms. The summed E-state index contributed by atoms with van der Waals surface area (Å²) in [6.07, 6.45) is 0. The minimum absolute atomic E-state index is 0.0446. The highest BCUT2D eigenvalue weighted by atomic mass is 15.0. The Kier molecular flexibility index (Phi) is 4.42. The third-order valence-electron chi connectivity index (χ3n) is 9.31. The molecule has 6 aromatic carbocycles. The topological polar surface area (TPSA) is 9.86 Å². The van der Waals surface area contributed by atoms with Crippen molar-refractivity contribution in [2.45, 2.75) is 19.3 Å². The molecular formula is C39H28N2. The first-order chi connectivity index (χ1) is 20.1. The van der Waals surface area contributed by atoms with Gasteiger partial charge in [0.25, 0.3) is 0 Å². The van der Waals surface area contributed by atoms with Gasteiger partial charge in [0.15, 0.2) is 0 Å². The van der Waals surface area contributed by atoms with E-state index in [1.165, 1.54) is 77.2 Å². The van der Waals surface area contributed by atoms with Gasteiger partial charge in [-0.05, 0) is 59.2 Å². The van der Waals surface area contributed by atoms with Crippen LogP contribution in [-0.2, 0) is 5.41 Å². The van der Waals surface area contributed by atoms with Crippen LogP contribution in [0.4, 0.5) is 0 Å². The van der Waals surface area contributed by atoms with Crippen molar-refractivity contribution in [1.29, 1.82) is 0 Å². The lowest BCUT2D eigenvalue weighted by atomic mass is 9.82. The van der Waals surface area contributed by atoms with Crippen LogP contribution in [0.1, 0.15) is 25.0 Å². The average Bonchev–Trinajstić information content (AvgIpc) is 3.60. The molecule has 9 rings (SSSR count). The van der Waals surface area contributed by atoms with Crippen molar-refractivity contribution in [3.63, 3.8) is 0 Å². The van der Waals surface area contributed by atoms with Gasteiger partial charge in [0.05, 0.1) is 27.8 Å². The van der Waals surface area contributed by atoms with Crippen molar-refractivity contribution < 1.29 is 0 Å². The molecule has 0 unspecified atom stereocenters. The van der Waals surface area contributed by atoms with Crippen LogP contribution in [-0.4, -0.2) is 9.13 Å². The molecule has 0 N–H and O–H groups in total. The van der Waals surface area contributed by atoms with Crippen molar-refractivity contribution in [3.05, 3.63) is 145 Å². The minimum Gasteiger partial charge on any atom is -0.309 e. The fourth-order valence-electron chi connectivity index (χ4n) is 7.47. The van der Waals surface area contributed by atoms with Gasteiger partial charge in [-0.15, -0.1) is 0 Å². The van der Waals surface area contributed by atoms with Crippen LogP contribution >= 0.6 is 0 Å². The van der Waals surface area contributed by atoms with Crippen LogP contribution in [0.15, 0.2) is 133 Å². The van der Waals surface area contributed by atoms with Gasteiger partial charge in [0.1, 0.15) is 0 Å². The lowest BCUT2D eigenvalue weighted by Crippen LogP contribution is -2.14. The van der Waals surface area contributed by atoms with Crippen LogP contribution in [0.2, 0.25) is 0 Å². The van der Waals surface area contributed by atoms with Gasteiger partial charge in [-0.1, -0.05) is 105 Å². The third kappa shape index (κ3) is 2.92. The molecule has 41 heavy (non-hydrogen) atoms. The normalized spacial score (nSPS) is 13.8. The predicted octanol–water partition coefficient (Wildman–Crippen LogP) is 10.2. The van der Waals surface area contributed by atoms with E-state index in [9.17, 15) is 0 Å². The zero-order valence-electron chi connectivity index (χ0n) is 23.1. The number of hydrogen-bond donors (Lipinski definition) is 0. The zero-order valence-corrected chi connectivity index (χ0v) is 23.1. The highest BCUT2D eigenvalue weighted by Crippen LogP contribution is 2.52. The van der Waals surface area contributed by atoms with E-state index in [-0.39, 0.29) is 5.41 Å². The van der Waals surface area contributed by atoms with E-state index < -0.39 is 0 Å². The molecule has 8 aromatic rings. The summed E-state index contributed by atoms with van der Waals surface area (Å²) in [5, 5.41) is 5.10. The number of hydrogen-bond acceptors (Lipinski definition) is 0. The number of benzene rings is 6. The largest absolute Gasteiger partial charge is 0.309 e. The maximum Gasteiger partial charge on any atom is 0.0549 e. The highest BCUT2D eigenvalue weighted by molar-refractivity contribution is 6.19. The molecule has 0 saturated carbocycles. The number of para-hydroxylation sites is 3. The second-order valence-electron chi connectivity index (χ2n) is 11.8. The molecule has 1 aliphatic rings. The SMILES string of the molecule is CC1(C)c2ccccc2-c2c(-n3c4ccccc4c4cc5c(cc43)c3ccccc3n5-c3ccccc3)cccc21. The Hall–Kier alpha value is -5.08. The zero-order chi connectivity index (χ0) is 27.3. The minimum atomic E-state index is -0.0446. The van der Waals surface area contributed by atoms with Gasteiger partial charge < -0.3 is 9.13 Å². The smallest absolute Gasteiger partial charge is 0.0549 e.